The summed E-state index contributed by atoms with van der Waals surface area (Å²) in [6.07, 6.45) is 0.135. The number of carbonyl (C=O) groups is 2. The lowest BCUT2D eigenvalue weighted by molar-refractivity contribution is 0.114. The summed E-state index contributed by atoms with van der Waals surface area (Å²) in [6.45, 7) is 13.9. The van der Waals surface area contributed by atoms with Crippen molar-refractivity contribution in [1.82, 2.24) is 15.0 Å². The van der Waals surface area contributed by atoms with E-state index in [1.165, 1.54) is 17.4 Å². The number of amides is 2. The molecule has 2 heterocycles. The number of sulfonamides is 1. The third kappa shape index (κ3) is 7.20. The predicted molar refractivity (Wildman–Crippen MR) is 151 cm³/mol. The van der Waals surface area contributed by atoms with Crippen molar-refractivity contribution >= 4 is 44.4 Å². The van der Waals surface area contributed by atoms with Gasteiger partial charge in [-0.3, -0.25) is 5.32 Å². The van der Waals surface area contributed by atoms with E-state index in [-0.39, 0.29) is 29.2 Å². The second-order valence-electron chi connectivity index (χ2n) is 11.5. The molecule has 1 aliphatic carbocycles. The molecule has 1 aromatic heterocycles. The quantitative estimate of drug-likeness (QED) is 0.418. The van der Waals surface area contributed by atoms with Gasteiger partial charge in [-0.05, 0) is 60.6 Å². The number of piperidine rings is 1. The molecule has 2 unspecified atom stereocenters. The van der Waals surface area contributed by atoms with Crippen molar-refractivity contribution in [3.63, 3.8) is 0 Å². The second kappa shape index (κ2) is 10.9. The molecule has 1 saturated heterocycles. The van der Waals surface area contributed by atoms with E-state index in [0.717, 1.165) is 18.2 Å². The highest BCUT2D eigenvalue weighted by Gasteiger charge is 2.57. The zero-order valence-electron chi connectivity index (χ0n) is 23.3. The molecule has 2 amide bonds. The van der Waals surface area contributed by atoms with Gasteiger partial charge in [0.2, 0.25) is 10.0 Å². The lowest BCUT2D eigenvalue weighted by Crippen LogP contribution is -2.40. The Morgan fingerprint density at radius 3 is 2.26 bits per heavy atom. The topological polar surface area (TPSA) is 139 Å². The Labute approximate surface area is 233 Å². The third-order valence-corrected chi connectivity index (χ3v) is 9.04. The molecule has 1 aromatic carbocycles. The van der Waals surface area contributed by atoms with E-state index < -0.39 is 21.7 Å². The average molecular weight is 580 g/mol. The molecule has 2 aliphatic rings. The number of ether oxygens (including phenoxy) is 2. The van der Waals surface area contributed by atoms with Gasteiger partial charge in [-0.1, -0.05) is 17.4 Å². The van der Waals surface area contributed by atoms with Crippen LogP contribution in [0.1, 0.15) is 48.5 Å². The van der Waals surface area contributed by atoms with Gasteiger partial charge >= 0.3 is 12.2 Å². The van der Waals surface area contributed by atoms with E-state index in [0.29, 0.717) is 28.0 Å². The van der Waals surface area contributed by atoms with Gasteiger partial charge in [0.25, 0.3) is 0 Å². The summed E-state index contributed by atoms with van der Waals surface area (Å²) in [6, 6.07) is 4.85. The van der Waals surface area contributed by atoms with Crippen LogP contribution in [0.25, 0.3) is 10.4 Å². The molecular weight excluding hydrogens is 542 g/mol. The Kier molecular flexibility index (Phi) is 8.16. The van der Waals surface area contributed by atoms with Gasteiger partial charge in [-0.15, -0.1) is 0 Å². The van der Waals surface area contributed by atoms with Crippen LogP contribution in [0.2, 0.25) is 0 Å². The Morgan fingerprint density at radius 2 is 1.67 bits per heavy atom. The summed E-state index contributed by atoms with van der Waals surface area (Å²) in [7, 11) is -3.95. The largest absolute Gasteiger partial charge is 0.447 e. The lowest BCUT2D eigenvalue weighted by Gasteiger charge is -2.22. The van der Waals surface area contributed by atoms with Gasteiger partial charge in [-0.25, -0.2) is 27.7 Å². The number of fused-ring (bicyclic) bond motifs is 1. The third-order valence-electron chi connectivity index (χ3n) is 6.15. The number of nitrogens with zero attached hydrogens (tertiary/aromatic N) is 2. The first-order chi connectivity index (χ1) is 18.1. The monoisotopic (exact) mass is 579 g/mol. The molecule has 214 valence electrons. The fourth-order valence-corrected chi connectivity index (χ4v) is 7.37. The zero-order valence-corrected chi connectivity index (χ0v) is 24.9. The lowest BCUT2D eigenvalue weighted by atomic mass is 10.1. The highest BCUT2D eigenvalue weighted by atomic mass is 32.2. The van der Waals surface area contributed by atoms with E-state index in [9.17, 15) is 18.0 Å². The van der Waals surface area contributed by atoms with Crippen LogP contribution >= 0.6 is 11.3 Å². The SMILES string of the molecule is CC(C)OC(=O)Nc1ccc(-c2cnc(N3CC4C(C3)C4NC(=O)OC(C)C)s2)c(S(=O)(=O)NC(C)(C)C)c1. The number of aromatic nitrogens is 1. The molecule has 2 aromatic rings. The van der Waals surface area contributed by atoms with E-state index in [1.807, 2.05) is 13.8 Å². The molecule has 3 N–H and O–H groups in total. The van der Waals surface area contributed by atoms with Crippen LogP contribution in [0.15, 0.2) is 29.3 Å². The zero-order chi connectivity index (χ0) is 28.7. The van der Waals surface area contributed by atoms with Crippen molar-refractivity contribution in [3.05, 3.63) is 24.4 Å². The number of nitrogens with one attached hydrogen (secondary N) is 3. The summed E-state index contributed by atoms with van der Waals surface area (Å²) in [5, 5.41) is 6.33. The van der Waals surface area contributed by atoms with Crippen LogP contribution in [-0.2, 0) is 19.5 Å². The van der Waals surface area contributed by atoms with Crippen molar-refractivity contribution in [2.24, 2.45) is 11.8 Å². The summed E-state index contributed by atoms with van der Waals surface area (Å²) in [5.41, 5.74) is 0.0775. The number of thiazole rings is 1. The van der Waals surface area contributed by atoms with Crippen molar-refractivity contribution in [1.29, 1.82) is 0 Å². The van der Waals surface area contributed by atoms with Gasteiger partial charge in [0.1, 0.15) is 0 Å². The maximum absolute atomic E-state index is 13.4. The van der Waals surface area contributed by atoms with Crippen molar-refractivity contribution in [2.75, 3.05) is 23.3 Å². The fraction of sp³-hybridized carbons (Fsp3) is 0.577. The fourth-order valence-electron chi connectivity index (χ4n) is 4.66. The average Bonchev–Trinajstić information content (AvgIpc) is 3.17. The first-order valence-corrected chi connectivity index (χ1v) is 15.3. The van der Waals surface area contributed by atoms with E-state index in [4.69, 9.17) is 9.47 Å². The Hall–Kier alpha value is -2.90. The molecule has 0 radical (unpaired) electrons. The number of hydrogen-bond acceptors (Lipinski definition) is 9. The molecule has 1 saturated carbocycles. The van der Waals surface area contributed by atoms with Crippen molar-refractivity contribution in [2.45, 2.75) is 77.2 Å². The number of hydrogen-bond donors (Lipinski definition) is 3. The summed E-state index contributed by atoms with van der Waals surface area (Å²) >= 11 is 1.40. The van der Waals surface area contributed by atoms with Crippen LogP contribution in [-0.4, -0.2) is 62.5 Å². The van der Waals surface area contributed by atoms with Crippen LogP contribution in [0.4, 0.5) is 20.4 Å². The van der Waals surface area contributed by atoms with Gasteiger partial charge in [0.05, 0.1) is 22.0 Å². The van der Waals surface area contributed by atoms with Crippen molar-refractivity contribution in [3.8, 4) is 10.4 Å². The molecule has 13 heteroatoms. The normalized spacial score (nSPS) is 20.6. The number of benzene rings is 1. The Balaban J connectivity index is 1.53. The number of carbonyl (C=O) groups excluding carboxylic acids is 2. The molecular formula is C26H37N5O6S2. The van der Waals surface area contributed by atoms with Crippen LogP contribution < -0.4 is 20.3 Å². The predicted octanol–water partition coefficient (Wildman–Crippen LogP) is 4.41. The molecule has 0 bridgehead atoms. The smallest absolute Gasteiger partial charge is 0.411 e. The Bertz CT molecular complexity index is 1320. The molecule has 2 fully saturated rings. The first-order valence-electron chi connectivity index (χ1n) is 13.0. The van der Waals surface area contributed by atoms with Crippen molar-refractivity contribution < 1.29 is 27.5 Å². The second-order valence-corrected chi connectivity index (χ2v) is 14.2. The molecule has 2 atom stereocenters. The van der Waals surface area contributed by atoms with Gasteiger partial charge in [0.15, 0.2) is 5.13 Å². The minimum absolute atomic E-state index is 0.0344. The molecule has 1 aliphatic heterocycles. The maximum Gasteiger partial charge on any atom is 0.411 e. The van der Waals surface area contributed by atoms with Crippen LogP contribution in [0, 0.1) is 11.8 Å². The standard InChI is InChI=1S/C26H37N5O6S2/c1-14(2)36-24(32)28-16-8-9-17(21(10-16)39(34,35)30-26(5,6)7)20-11-27-23(38-20)31-12-18-19(13-31)22(18)29-25(33)37-15(3)4/h8-11,14-15,18-19,22,30H,12-13H2,1-7H3,(H,28,32)(H,29,33). The number of anilines is 2. The van der Waals surface area contributed by atoms with Gasteiger partial charge in [0, 0.05) is 54.0 Å². The summed E-state index contributed by atoms with van der Waals surface area (Å²) in [4.78, 5) is 31.5. The molecule has 39 heavy (non-hydrogen) atoms. The molecule has 4 rings (SSSR count). The van der Waals surface area contributed by atoms with Crippen LogP contribution in [0.3, 0.4) is 0 Å². The van der Waals surface area contributed by atoms with Gasteiger partial charge in [-0.2, -0.15) is 0 Å². The molecule has 0 spiro atoms. The molecule has 11 nitrogen and oxygen atoms in total. The van der Waals surface area contributed by atoms with E-state index in [1.54, 1.807) is 52.9 Å². The summed E-state index contributed by atoms with van der Waals surface area (Å²) in [5.74, 6) is 0.667. The minimum atomic E-state index is -3.95. The number of alkyl carbamates (subject to hydrolysis) is 1. The maximum atomic E-state index is 13.4. The first kappa shape index (κ1) is 29.1. The highest BCUT2D eigenvalue weighted by Crippen LogP contribution is 2.48. The Morgan fingerprint density at radius 1 is 1.05 bits per heavy atom. The highest BCUT2D eigenvalue weighted by molar-refractivity contribution is 7.89. The van der Waals surface area contributed by atoms with Gasteiger partial charge < -0.3 is 19.7 Å². The minimum Gasteiger partial charge on any atom is -0.447 e. The number of rotatable bonds is 8. The van der Waals surface area contributed by atoms with E-state index >= 15 is 0 Å². The van der Waals surface area contributed by atoms with Crippen LogP contribution in [0.5, 0.6) is 0 Å². The summed E-state index contributed by atoms with van der Waals surface area (Å²) < 4.78 is 39.9. The van der Waals surface area contributed by atoms with E-state index in [2.05, 4.69) is 25.2 Å².